The van der Waals surface area contributed by atoms with Crippen molar-refractivity contribution in [3.63, 3.8) is 0 Å². The van der Waals surface area contributed by atoms with Crippen molar-refractivity contribution in [2.45, 2.75) is 26.4 Å². The van der Waals surface area contributed by atoms with Gasteiger partial charge in [0.2, 0.25) is 0 Å². The number of benzene rings is 1. The Labute approximate surface area is 160 Å². The maximum atomic E-state index is 13.2. The predicted octanol–water partition coefficient (Wildman–Crippen LogP) is 0.983. The molecule has 0 aliphatic rings. The van der Waals surface area contributed by atoms with Crippen LogP contribution in [0.1, 0.15) is 13.3 Å². The van der Waals surface area contributed by atoms with Gasteiger partial charge < -0.3 is 14.0 Å². The number of carbonyl (C=O) groups excluding carboxylic acids is 1. The van der Waals surface area contributed by atoms with Crippen molar-refractivity contribution >= 4 is 16.9 Å². The van der Waals surface area contributed by atoms with Crippen molar-refractivity contribution in [2.24, 2.45) is 0 Å². The van der Waals surface area contributed by atoms with Gasteiger partial charge in [-0.3, -0.25) is 14.2 Å². The maximum Gasteiger partial charge on any atom is 0.337 e. The minimum atomic E-state index is -0.550. The summed E-state index contributed by atoms with van der Waals surface area (Å²) in [5, 5.41) is 0. The van der Waals surface area contributed by atoms with Gasteiger partial charge in [-0.1, -0.05) is 19.1 Å². The molecule has 0 amide bonds. The lowest BCUT2D eigenvalue weighted by Crippen LogP contribution is -2.41. The second kappa shape index (κ2) is 8.22. The van der Waals surface area contributed by atoms with Crippen LogP contribution in [0.4, 0.5) is 0 Å². The average Bonchev–Trinajstić information content (AvgIpc) is 3.11. The lowest BCUT2D eigenvalue weighted by Gasteiger charge is -2.14. The Bertz CT molecular complexity index is 1130. The van der Waals surface area contributed by atoms with Crippen molar-refractivity contribution < 1.29 is 14.3 Å². The summed E-state index contributed by atoms with van der Waals surface area (Å²) < 4.78 is 14.3. The summed E-state index contributed by atoms with van der Waals surface area (Å²) >= 11 is 0. The Morgan fingerprint density at radius 1 is 1.18 bits per heavy atom. The van der Waals surface area contributed by atoms with Crippen LogP contribution in [-0.4, -0.2) is 45.3 Å². The van der Waals surface area contributed by atoms with Crippen molar-refractivity contribution in [1.82, 2.24) is 18.7 Å². The Kier molecular flexibility index (Phi) is 5.74. The van der Waals surface area contributed by atoms with Gasteiger partial charge in [-0.25, -0.2) is 14.3 Å². The van der Waals surface area contributed by atoms with Crippen LogP contribution in [0, 0.1) is 0 Å². The van der Waals surface area contributed by atoms with Crippen molar-refractivity contribution in [3.8, 4) is 11.4 Å². The van der Waals surface area contributed by atoms with Crippen LogP contribution in [0.3, 0.4) is 0 Å². The Hall–Kier alpha value is -3.20. The van der Waals surface area contributed by atoms with Crippen LogP contribution >= 0.6 is 0 Å². The van der Waals surface area contributed by atoms with Gasteiger partial charge >= 0.3 is 5.69 Å². The number of para-hydroxylation sites is 2. The Morgan fingerprint density at radius 3 is 2.61 bits per heavy atom. The van der Waals surface area contributed by atoms with E-state index in [2.05, 4.69) is 4.98 Å². The number of nitrogens with zero attached hydrogens (tertiary/aromatic N) is 4. The molecule has 1 aromatic carbocycles. The van der Waals surface area contributed by atoms with Gasteiger partial charge in [-0.2, -0.15) is 0 Å². The van der Waals surface area contributed by atoms with E-state index in [9.17, 15) is 14.4 Å². The summed E-state index contributed by atoms with van der Waals surface area (Å²) in [7, 11) is 2.99. The second-order valence-electron chi connectivity index (χ2n) is 6.18. The molecule has 3 aromatic rings. The van der Waals surface area contributed by atoms with Crippen LogP contribution in [-0.2, 0) is 22.6 Å². The van der Waals surface area contributed by atoms with E-state index in [1.807, 2.05) is 0 Å². The largest absolute Gasteiger partial charge is 0.495 e. The molecule has 0 N–H and O–H groups in total. The lowest BCUT2D eigenvalue weighted by molar-refractivity contribution is -0.119. The molecule has 3 rings (SSSR count). The third-order valence-electron chi connectivity index (χ3n) is 4.49. The summed E-state index contributed by atoms with van der Waals surface area (Å²) in [6.07, 6.45) is 1.75. The van der Waals surface area contributed by atoms with E-state index in [0.717, 1.165) is 4.57 Å². The number of fused-ring (bicyclic) bond motifs is 1. The van der Waals surface area contributed by atoms with Gasteiger partial charge in [-0.05, 0) is 12.1 Å². The topological polar surface area (TPSA) is 97.4 Å². The molecule has 0 saturated carbocycles. The smallest absolute Gasteiger partial charge is 0.337 e. The van der Waals surface area contributed by atoms with Crippen LogP contribution in [0.5, 0.6) is 5.75 Å². The molecular formula is C19H22N4O5. The molecule has 0 atom stereocenters. The SMILES string of the molecule is CCC(=O)Cn1cnc2c1c(=O)n(CCOC)c(=O)n2-c1ccccc1OC. The number of ether oxygens (including phenoxy) is 2. The third kappa shape index (κ3) is 3.36. The number of Topliss-reactive ketones (excluding diaryl/α,β-unsaturated/α-hetero) is 1. The van der Waals surface area contributed by atoms with Crippen molar-refractivity contribution in [2.75, 3.05) is 20.8 Å². The van der Waals surface area contributed by atoms with Crippen molar-refractivity contribution in [3.05, 3.63) is 51.4 Å². The highest BCUT2D eigenvalue weighted by Gasteiger charge is 2.21. The normalized spacial score (nSPS) is 11.1. The fourth-order valence-electron chi connectivity index (χ4n) is 3.01. The van der Waals surface area contributed by atoms with E-state index >= 15 is 0 Å². The molecule has 0 bridgehead atoms. The lowest BCUT2D eigenvalue weighted by atomic mass is 10.3. The Morgan fingerprint density at radius 2 is 1.93 bits per heavy atom. The minimum absolute atomic E-state index is 0.0106. The molecule has 0 aliphatic heterocycles. The van der Waals surface area contributed by atoms with E-state index < -0.39 is 11.2 Å². The number of imidazole rings is 1. The summed E-state index contributed by atoms with van der Waals surface area (Å²) in [5.41, 5.74) is -0.241. The molecule has 28 heavy (non-hydrogen) atoms. The van der Waals surface area contributed by atoms with E-state index in [4.69, 9.17) is 9.47 Å². The van der Waals surface area contributed by atoms with Crippen LogP contribution in [0.25, 0.3) is 16.9 Å². The summed E-state index contributed by atoms with van der Waals surface area (Å²) in [6, 6.07) is 6.97. The molecule has 2 aromatic heterocycles. The van der Waals surface area contributed by atoms with E-state index in [1.54, 1.807) is 31.2 Å². The third-order valence-corrected chi connectivity index (χ3v) is 4.49. The van der Waals surface area contributed by atoms with Crippen LogP contribution in [0.2, 0.25) is 0 Å². The molecule has 9 heteroatoms. The van der Waals surface area contributed by atoms with Crippen LogP contribution < -0.4 is 16.0 Å². The zero-order chi connectivity index (χ0) is 20.3. The summed E-state index contributed by atoms with van der Waals surface area (Å²) in [5.74, 6) is 0.416. The number of carbonyl (C=O) groups is 1. The number of hydrogen-bond donors (Lipinski definition) is 0. The first-order valence-corrected chi connectivity index (χ1v) is 8.88. The van der Waals surface area contributed by atoms with Crippen molar-refractivity contribution in [1.29, 1.82) is 0 Å². The van der Waals surface area contributed by atoms with Gasteiger partial charge in [0.15, 0.2) is 16.9 Å². The highest BCUT2D eigenvalue weighted by atomic mass is 16.5. The molecule has 0 unspecified atom stereocenters. The first-order chi connectivity index (χ1) is 13.5. The molecule has 0 fully saturated rings. The number of rotatable bonds is 8. The molecule has 148 valence electrons. The van der Waals surface area contributed by atoms with Gasteiger partial charge in [0.1, 0.15) is 5.75 Å². The molecule has 0 radical (unpaired) electrons. The van der Waals surface area contributed by atoms with E-state index in [-0.39, 0.29) is 36.6 Å². The monoisotopic (exact) mass is 386 g/mol. The summed E-state index contributed by atoms with van der Waals surface area (Å²) in [6.45, 7) is 2.03. The quantitative estimate of drug-likeness (QED) is 0.573. The van der Waals surface area contributed by atoms with Gasteiger partial charge in [-0.15, -0.1) is 0 Å². The van der Waals surface area contributed by atoms with Gasteiger partial charge in [0, 0.05) is 13.5 Å². The fraction of sp³-hybridized carbons (Fsp3) is 0.368. The highest BCUT2D eigenvalue weighted by molar-refractivity contribution is 5.81. The molecule has 9 nitrogen and oxygen atoms in total. The summed E-state index contributed by atoms with van der Waals surface area (Å²) in [4.78, 5) is 42.4. The number of hydrogen-bond acceptors (Lipinski definition) is 6. The molecular weight excluding hydrogens is 364 g/mol. The Balaban J connectivity index is 2.38. The maximum absolute atomic E-state index is 13.2. The zero-order valence-corrected chi connectivity index (χ0v) is 16.0. The number of ketones is 1. The van der Waals surface area contributed by atoms with E-state index in [0.29, 0.717) is 17.9 Å². The first-order valence-electron chi connectivity index (χ1n) is 8.88. The minimum Gasteiger partial charge on any atom is -0.495 e. The fourth-order valence-corrected chi connectivity index (χ4v) is 3.01. The zero-order valence-electron chi connectivity index (χ0n) is 16.0. The predicted molar refractivity (Wildman–Crippen MR) is 103 cm³/mol. The molecule has 0 aliphatic carbocycles. The number of aromatic nitrogens is 4. The molecule has 0 saturated heterocycles. The van der Waals surface area contributed by atoms with E-state index in [1.165, 1.54) is 29.7 Å². The molecule has 0 spiro atoms. The second-order valence-corrected chi connectivity index (χ2v) is 6.18. The standard InChI is InChI=1S/C19H22N4O5/c1-4-13(24)11-21-12-20-17-16(21)18(25)22(9-10-27-2)19(26)23(17)14-7-5-6-8-15(14)28-3/h5-8,12H,4,9-11H2,1-3H3. The first kappa shape index (κ1) is 19.6. The number of methoxy groups -OCH3 is 2. The average molecular weight is 386 g/mol. The highest BCUT2D eigenvalue weighted by Crippen LogP contribution is 2.23. The van der Waals surface area contributed by atoms with Gasteiger partial charge in [0.05, 0.1) is 38.8 Å². The molecule has 2 heterocycles. The van der Waals surface area contributed by atoms with Gasteiger partial charge in [0.25, 0.3) is 5.56 Å². The van der Waals surface area contributed by atoms with Crippen LogP contribution in [0.15, 0.2) is 40.2 Å².